The molecule has 0 amide bonds. The van der Waals surface area contributed by atoms with Crippen LogP contribution in [0.2, 0.25) is 0 Å². The zero-order valence-corrected chi connectivity index (χ0v) is 13.0. The van der Waals surface area contributed by atoms with Crippen LogP contribution in [0.25, 0.3) is 0 Å². The molecule has 0 fully saturated rings. The summed E-state index contributed by atoms with van der Waals surface area (Å²) < 4.78 is 0.680. The summed E-state index contributed by atoms with van der Waals surface area (Å²) in [6.07, 6.45) is 0. The van der Waals surface area contributed by atoms with E-state index in [9.17, 15) is 15.2 Å². The molecule has 0 bridgehead atoms. The average Bonchev–Trinajstić information content (AvgIpc) is 2.45. The van der Waals surface area contributed by atoms with Crippen LogP contribution in [0.5, 0.6) is 5.75 Å². The first kappa shape index (κ1) is 15.5. The second-order valence-corrected chi connectivity index (χ2v) is 5.64. The number of nitrogens with one attached hydrogen (secondary N) is 1. The van der Waals surface area contributed by atoms with E-state index in [0.717, 1.165) is 5.56 Å². The van der Waals surface area contributed by atoms with Crippen molar-refractivity contribution >= 4 is 21.6 Å². The minimum Gasteiger partial charge on any atom is -0.508 e. The maximum atomic E-state index is 11.1. The molecule has 0 heterocycles. The predicted molar refractivity (Wildman–Crippen MR) is 84.2 cm³/mol. The predicted octanol–water partition coefficient (Wildman–Crippen LogP) is 3.91. The Balaban J connectivity index is 2.11. The fourth-order valence-electron chi connectivity index (χ4n) is 2.03. The monoisotopic (exact) mass is 350 g/mol. The fourth-order valence-corrected chi connectivity index (χ4v) is 2.38. The molecule has 0 spiro atoms. The molecule has 5 nitrogen and oxygen atoms in total. The lowest BCUT2D eigenvalue weighted by Crippen LogP contribution is -2.18. The largest absolute Gasteiger partial charge is 0.508 e. The quantitative estimate of drug-likeness (QED) is 0.633. The Hall–Kier alpha value is -1.92. The second-order valence-electron chi connectivity index (χ2n) is 4.73. The number of phenols is 1. The lowest BCUT2D eigenvalue weighted by molar-refractivity contribution is -0.385. The molecule has 0 aromatic heterocycles. The van der Waals surface area contributed by atoms with Crippen molar-refractivity contribution in [2.45, 2.75) is 19.5 Å². The zero-order valence-electron chi connectivity index (χ0n) is 11.4. The number of hydrogen-bond donors (Lipinski definition) is 2. The van der Waals surface area contributed by atoms with Gasteiger partial charge >= 0.3 is 0 Å². The van der Waals surface area contributed by atoms with E-state index in [1.165, 1.54) is 6.07 Å². The van der Waals surface area contributed by atoms with Crippen LogP contribution < -0.4 is 5.32 Å². The van der Waals surface area contributed by atoms with Gasteiger partial charge in [0.25, 0.3) is 5.69 Å². The minimum absolute atomic E-state index is 0.0275. The van der Waals surface area contributed by atoms with Crippen molar-refractivity contribution in [3.05, 3.63) is 68.2 Å². The molecule has 2 aromatic rings. The van der Waals surface area contributed by atoms with Gasteiger partial charge < -0.3 is 10.4 Å². The van der Waals surface area contributed by atoms with Gasteiger partial charge in [-0.2, -0.15) is 0 Å². The van der Waals surface area contributed by atoms with E-state index in [4.69, 9.17) is 0 Å². The summed E-state index contributed by atoms with van der Waals surface area (Å²) in [5.74, 6) is 0.204. The van der Waals surface area contributed by atoms with Crippen LogP contribution in [0, 0.1) is 10.1 Å². The highest BCUT2D eigenvalue weighted by molar-refractivity contribution is 9.10. The summed E-state index contributed by atoms with van der Waals surface area (Å²) in [7, 11) is 0. The van der Waals surface area contributed by atoms with Crippen LogP contribution in [0.1, 0.15) is 24.1 Å². The molecule has 21 heavy (non-hydrogen) atoms. The number of nitro benzene ring substituents is 1. The molecule has 2 aromatic carbocycles. The first-order valence-corrected chi connectivity index (χ1v) is 7.22. The number of nitrogens with zero attached hydrogens (tertiary/aromatic N) is 1. The van der Waals surface area contributed by atoms with Crippen molar-refractivity contribution in [3.63, 3.8) is 0 Å². The first-order chi connectivity index (χ1) is 9.97. The lowest BCUT2D eigenvalue weighted by atomic mass is 10.1. The standard InChI is InChI=1S/C15H15BrN2O3/c1-10(11-3-2-4-14(19)7-11)17-9-12-5-6-13(16)8-15(12)18(20)21/h2-8,10,17,19H,9H2,1H3. The lowest BCUT2D eigenvalue weighted by Gasteiger charge is -2.14. The van der Waals surface area contributed by atoms with Gasteiger partial charge in [0.1, 0.15) is 5.75 Å². The number of nitro groups is 1. The van der Waals surface area contributed by atoms with Crippen LogP contribution >= 0.6 is 15.9 Å². The Bertz CT molecular complexity index is 661. The van der Waals surface area contributed by atoms with Crippen molar-refractivity contribution in [1.82, 2.24) is 5.32 Å². The van der Waals surface area contributed by atoms with Gasteiger partial charge in [-0.3, -0.25) is 10.1 Å². The smallest absolute Gasteiger partial charge is 0.275 e. The number of phenolic OH excluding ortho intramolecular Hbond substituents is 1. The molecule has 2 rings (SSSR count). The first-order valence-electron chi connectivity index (χ1n) is 6.42. The summed E-state index contributed by atoms with van der Waals surface area (Å²) in [6.45, 7) is 2.32. The third kappa shape index (κ3) is 4.03. The van der Waals surface area contributed by atoms with E-state index < -0.39 is 0 Å². The van der Waals surface area contributed by atoms with Crippen LogP contribution in [0.3, 0.4) is 0 Å². The summed E-state index contributed by atoms with van der Waals surface area (Å²) in [4.78, 5) is 10.7. The Kier molecular flexibility index (Phi) is 4.93. The van der Waals surface area contributed by atoms with Gasteiger partial charge in [0.15, 0.2) is 0 Å². The Morgan fingerprint density at radius 3 is 2.76 bits per heavy atom. The van der Waals surface area contributed by atoms with Gasteiger partial charge in [0, 0.05) is 28.7 Å². The van der Waals surface area contributed by atoms with Crippen LogP contribution in [0.4, 0.5) is 5.69 Å². The number of halogens is 1. The highest BCUT2D eigenvalue weighted by atomic mass is 79.9. The van der Waals surface area contributed by atoms with E-state index in [1.807, 2.05) is 13.0 Å². The van der Waals surface area contributed by atoms with Gasteiger partial charge in [0.05, 0.1) is 4.92 Å². The third-order valence-corrected chi connectivity index (χ3v) is 3.71. The molecule has 2 N–H and O–H groups in total. The topological polar surface area (TPSA) is 75.4 Å². The number of benzene rings is 2. The van der Waals surface area contributed by atoms with Gasteiger partial charge in [-0.05, 0) is 36.8 Å². The van der Waals surface area contributed by atoms with E-state index in [0.29, 0.717) is 16.6 Å². The molecular weight excluding hydrogens is 336 g/mol. The van der Waals surface area contributed by atoms with Crippen molar-refractivity contribution in [2.75, 3.05) is 0 Å². The Morgan fingerprint density at radius 2 is 2.10 bits per heavy atom. The van der Waals surface area contributed by atoms with Gasteiger partial charge in [0.2, 0.25) is 0 Å². The Labute approximate surface area is 130 Å². The Morgan fingerprint density at radius 1 is 1.33 bits per heavy atom. The average molecular weight is 351 g/mol. The number of hydrogen-bond acceptors (Lipinski definition) is 4. The molecular formula is C15H15BrN2O3. The van der Waals surface area contributed by atoms with Crippen molar-refractivity contribution < 1.29 is 10.0 Å². The molecule has 110 valence electrons. The van der Waals surface area contributed by atoms with Crippen LogP contribution in [-0.2, 0) is 6.54 Å². The molecule has 0 saturated heterocycles. The molecule has 0 radical (unpaired) electrons. The van der Waals surface area contributed by atoms with E-state index in [-0.39, 0.29) is 22.4 Å². The molecule has 6 heteroatoms. The molecule has 0 aliphatic heterocycles. The van der Waals surface area contributed by atoms with Gasteiger partial charge in [-0.25, -0.2) is 0 Å². The third-order valence-electron chi connectivity index (χ3n) is 3.21. The molecule has 0 saturated carbocycles. The maximum absolute atomic E-state index is 11.1. The van der Waals surface area contributed by atoms with E-state index in [2.05, 4.69) is 21.2 Å². The van der Waals surface area contributed by atoms with Crippen molar-refractivity contribution in [1.29, 1.82) is 0 Å². The van der Waals surface area contributed by atoms with E-state index in [1.54, 1.807) is 30.3 Å². The molecule has 0 aliphatic carbocycles. The SMILES string of the molecule is CC(NCc1ccc(Br)cc1[N+](=O)[O-])c1cccc(O)c1. The van der Waals surface area contributed by atoms with Crippen molar-refractivity contribution in [3.8, 4) is 5.75 Å². The molecule has 0 aliphatic rings. The summed E-state index contributed by atoms with van der Waals surface area (Å²) in [5.41, 5.74) is 1.63. The summed E-state index contributed by atoms with van der Waals surface area (Å²) in [6, 6.07) is 11.9. The molecule has 1 unspecified atom stereocenters. The van der Waals surface area contributed by atoms with Gasteiger partial charge in [-0.1, -0.05) is 28.1 Å². The van der Waals surface area contributed by atoms with Crippen LogP contribution in [0.15, 0.2) is 46.9 Å². The maximum Gasteiger partial charge on any atom is 0.275 e. The number of aromatic hydroxyl groups is 1. The summed E-state index contributed by atoms with van der Waals surface area (Å²) >= 11 is 3.24. The highest BCUT2D eigenvalue weighted by Crippen LogP contribution is 2.24. The van der Waals surface area contributed by atoms with Gasteiger partial charge in [-0.15, -0.1) is 0 Å². The minimum atomic E-state index is -0.388. The second kappa shape index (κ2) is 6.69. The van der Waals surface area contributed by atoms with Crippen molar-refractivity contribution in [2.24, 2.45) is 0 Å². The number of rotatable bonds is 5. The zero-order chi connectivity index (χ0) is 15.4. The van der Waals surface area contributed by atoms with Crippen LogP contribution in [-0.4, -0.2) is 10.0 Å². The normalized spacial score (nSPS) is 12.1. The fraction of sp³-hybridized carbons (Fsp3) is 0.200. The molecule has 1 atom stereocenters. The summed E-state index contributed by atoms with van der Waals surface area (Å²) in [5, 5.41) is 23.8. The highest BCUT2D eigenvalue weighted by Gasteiger charge is 2.15. The van der Waals surface area contributed by atoms with E-state index >= 15 is 0 Å².